The number of ether oxygens (including phenoxy) is 1. The molecule has 3 rings (SSSR count). The number of carbonyl (C=O) groups is 1. The molecule has 0 aromatic heterocycles. The summed E-state index contributed by atoms with van der Waals surface area (Å²) < 4.78 is 5.20. The van der Waals surface area contributed by atoms with Gasteiger partial charge in [0.05, 0.1) is 7.11 Å². The molecule has 0 bridgehead atoms. The van der Waals surface area contributed by atoms with Crippen LogP contribution in [0, 0.1) is 0 Å². The predicted octanol–water partition coefficient (Wildman–Crippen LogP) is 3.15. The Balaban J connectivity index is 1.76. The van der Waals surface area contributed by atoms with E-state index in [1.807, 2.05) is 61.6 Å². The summed E-state index contributed by atoms with van der Waals surface area (Å²) in [5.74, 6) is 0.923. The smallest absolute Gasteiger partial charge is 0.242 e. The number of likely N-dealkylation sites (N-methyl/N-ethyl adjacent to an activating group) is 1. The van der Waals surface area contributed by atoms with Crippen LogP contribution >= 0.6 is 0 Å². The number of amides is 1. The highest BCUT2D eigenvalue weighted by molar-refractivity contribution is 5.83. The molecule has 0 spiro atoms. The van der Waals surface area contributed by atoms with Gasteiger partial charge in [0, 0.05) is 12.6 Å². The average molecular weight is 324 g/mol. The Morgan fingerprint density at radius 2 is 1.83 bits per heavy atom. The van der Waals surface area contributed by atoms with Gasteiger partial charge in [-0.1, -0.05) is 42.5 Å². The lowest BCUT2D eigenvalue weighted by Crippen LogP contribution is -2.39. The van der Waals surface area contributed by atoms with Crippen LogP contribution in [0.1, 0.15) is 30.0 Å². The zero-order valence-electron chi connectivity index (χ0n) is 14.2. The fourth-order valence-electron chi connectivity index (χ4n) is 2.86. The molecule has 0 unspecified atom stereocenters. The van der Waals surface area contributed by atoms with E-state index in [4.69, 9.17) is 4.74 Å². The van der Waals surface area contributed by atoms with Crippen molar-refractivity contribution in [3.8, 4) is 5.75 Å². The van der Waals surface area contributed by atoms with Gasteiger partial charge in [-0.15, -0.1) is 0 Å². The lowest BCUT2D eigenvalue weighted by atomic mass is 10.0. The number of benzene rings is 2. The van der Waals surface area contributed by atoms with Crippen LogP contribution in [0.25, 0.3) is 0 Å². The second-order valence-electron chi connectivity index (χ2n) is 6.36. The molecule has 4 nitrogen and oxygen atoms in total. The number of methoxy groups -OCH3 is 1. The first kappa shape index (κ1) is 16.5. The van der Waals surface area contributed by atoms with Crippen LogP contribution in [0.3, 0.4) is 0 Å². The SMILES string of the molecule is COc1ccc(CN(C)[C@H](C(=O)NC2CC2)c2ccccc2)cc1. The lowest BCUT2D eigenvalue weighted by Gasteiger charge is -2.27. The summed E-state index contributed by atoms with van der Waals surface area (Å²) in [5.41, 5.74) is 2.17. The Bertz CT molecular complexity index is 666. The zero-order valence-corrected chi connectivity index (χ0v) is 14.2. The Morgan fingerprint density at radius 1 is 1.17 bits per heavy atom. The van der Waals surface area contributed by atoms with Crippen molar-refractivity contribution in [2.45, 2.75) is 31.5 Å². The zero-order chi connectivity index (χ0) is 16.9. The number of carbonyl (C=O) groups excluding carboxylic acids is 1. The first-order chi connectivity index (χ1) is 11.7. The summed E-state index contributed by atoms with van der Waals surface area (Å²) >= 11 is 0. The van der Waals surface area contributed by atoms with Crippen molar-refractivity contribution in [1.82, 2.24) is 10.2 Å². The Morgan fingerprint density at radius 3 is 2.42 bits per heavy atom. The maximum Gasteiger partial charge on any atom is 0.242 e. The molecule has 2 aromatic carbocycles. The normalized spacial score (nSPS) is 15.1. The molecule has 0 saturated heterocycles. The maximum absolute atomic E-state index is 12.8. The Kier molecular flexibility index (Phi) is 5.16. The van der Waals surface area contributed by atoms with Crippen LogP contribution in [0.4, 0.5) is 0 Å². The summed E-state index contributed by atoms with van der Waals surface area (Å²) in [5, 5.41) is 3.14. The molecule has 2 aromatic rings. The molecule has 1 saturated carbocycles. The molecular weight excluding hydrogens is 300 g/mol. The molecule has 0 heterocycles. The fourth-order valence-corrected chi connectivity index (χ4v) is 2.86. The molecule has 1 aliphatic carbocycles. The molecule has 0 radical (unpaired) electrons. The molecule has 24 heavy (non-hydrogen) atoms. The van der Waals surface area contributed by atoms with Crippen LogP contribution in [-0.2, 0) is 11.3 Å². The van der Waals surface area contributed by atoms with Gasteiger partial charge in [0.15, 0.2) is 0 Å². The highest BCUT2D eigenvalue weighted by Gasteiger charge is 2.30. The average Bonchev–Trinajstić information content (AvgIpc) is 3.40. The maximum atomic E-state index is 12.8. The fraction of sp³-hybridized carbons (Fsp3) is 0.350. The van der Waals surface area contributed by atoms with E-state index in [1.54, 1.807) is 7.11 Å². The standard InChI is InChI=1S/C20H24N2O2/c1-22(14-15-8-12-18(24-2)13-9-15)19(16-6-4-3-5-7-16)20(23)21-17-10-11-17/h3-9,12-13,17,19H,10-11,14H2,1-2H3,(H,21,23)/t19-/m0/s1. The van der Waals surface area contributed by atoms with E-state index >= 15 is 0 Å². The van der Waals surface area contributed by atoms with Crippen molar-refractivity contribution < 1.29 is 9.53 Å². The van der Waals surface area contributed by atoms with Crippen LogP contribution < -0.4 is 10.1 Å². The van der Waals surface area contributed by atoms with Gasteiger partial charge in [-0.2, -0.15) is 0 Å². The third-order valence-electron chi connectivity index (χ3n) is 4.32. The molecule has 1 aliphatic rings. The number of rotatable bonds is 7. The van der Waals surface area contributed by atoms with E-state index in [9.17, 15) is 4.79 Å². The van der Waals surface area contributed by atoms with Crippen molar-refractivity contribution in [1.29, 1.82) is 0 Å². The first-order valence-corrected chi connectivity index (χ1v) is 8.36. The molecule has 1 atom stereocenters. The summed E-state index contributed by atoms with van der Waals surface area (Å²) in [6.07, 6.45) is 2.19. The van der Waals surface area contributed by atoms with E-state index in [0.717, 1.165) is 29.7 Å². The Labute approximate surface area is 143 Å². The van der Waals surface area contributed by atoms with Gasteiger partial charge >= 0.3 is 0 Å². The second kappa shape index (κ2) is 7.49. The second-order valence-corrected chi connectivity index (χ2v) is 6.36. The summed E-state index contributed by atoms with van der Waals surface area (Å²) in [6.45, 7) is 0.696. The molecule has 1 fully saturated rings. The highest BCUT2D eigenvalue weighted by atomic mass is 16.5. The van der Waals surface area contributed by atoms with Gasteiger partial charge in [-0.3, -0.25) is 9.69 Å². The third-order valence-corrected chi connectivity index (χ3v) is 4.32. The first-order valence-electron chi connectivity index (χ1n) is 8.36. The lowest BCUT2D eigenvalue weighted by molar-refractivity contribution is -0.126. The molecule has 1 N–H and O–H groups in total. The number of nitrogens with one attached hydrogen (secondary N) is 1. The van der Waals surface area contributed by atoms with E-state index in [0.29, 0.717) is 12.6 Å². The van der Waals surface area contributed by atoms with Crippen molar-refractivity contribution in [2.24, 2.45) is 0 Å². The van der Waals surface area contributed by atoms with Gasteiger partial charge in [-0.25, -0.2) is 0 Å². The van der Waals surface area contributed by atoms with Gasteiger partial charge in [0.2, 0.25) is 5.91 Å². The molecule has 0 aliphatic heterocycles. The van der Waals surface area contributed by atoms with E-state index in [1.165, 1.54) is 0 Å². The van der Waals surface area contributed by atoms with Gasteiger partial charge in [0.1, 0.15) is 11.8 Å². The van der Waals surface area contributed by atoms with Crippen molar-refractivity contribution in [3.05, 3.63) is 65.7 Å². The quantitative estimate of drug-likeness (QED) is 0.851. The Hall–Kier alpha value is -2.33. The highest BCUT2D eigenvalue weighted by Crippen LogP contribution is 2.25. The van der Waals surface area contributed by atoms with Crippen LogP contribution in [-0.4, -0.2) is 31.0 Å². The summed E-state index contributed by atoms with van der Waals surface area (Å²) in [7, 11) is 3.66. The van der Waals surface area contributed by atoms with Gasteiger partial charge in [-0.05, 0) is 43.1 Å². The van der Waals surface area contributed by atoms with E-state index < -0.39 is 0 Å². The van der Waals surface area contributed by atoms with E-state index in [2.05, 4.69) is 10.2 Å². The number of hydrogen-bond acceptors (Lipinski definition) is 3. The molecule has 1 amide bonds. The van der Waals surface area contributed by atoms with E-state index in [-0.39, 0.29) is 11.9 Å². The van der Waals surface area contributed by atoms with Crippen LogP contribution in [0.15, 0.2) is 54.6 Å². The van der Waals surface area contributed by atoms with Crippen LogP contribution in [0.2, 0.25) is 0 Å². The predicted molar refractivity (Wildman–Crippen MR) is 94.8 cm³/mol. The van der Waals surface area contributed by atoms with Gasteiger partial charge < -0.3 is 10.1 Å². The van der Waals surface area contributed by atoms with Crippen molar-refractivity contribution in [2.75, 3.05) is 14.2 Å². The summed E-state index contributed by atoms with van der Waals surface area (Å²) in [6, 6.07) is 18.0. The number of nitrogens with zero attached hydrogens (tertiary/aromatic N) is 1. The minimum atomic E-state index is -0.283. The topological polar surface area (TPSA) is 41.6 Å². The minimum absolute atomic E-state index is 0.0831. The van der Waals surface area contributed by atoms with Gasteiger partial charge in [0.25, 0.3) is 0 Å². The molecular formula is C20H24N2O2. The molecule has 126 valence electrons. The van der Waals surface area contributed by atoms with Crippen molar-refractivity contribution in [3.63, 3.8) is 0 Å². The summed E-state index contributed by atoms with van der Waals surface area (Å²) in [4.78, 5) is 14.8. The third kappa shape index (κ3) is 4.15. The van der Waals surface area contributed by atoms with Crippen LogP contribution in [0.5, 0.6) is 5.75 Å². The largest absolute Gasteiger partial charge is 0.497 e. The van der Waals surface area contributed by atoms with Crippen molar-refractivity contribution >= 4 is 5.91 Å². The molecule has 4 heteroatoms. The monoisotopic (exact) mass is 324 g/mol. The minimum Gasteiger partial charge on any atom is -0.497 e. The number of hydrogen-bond donors (Lipinski definition) is 1.